The molecule has 0 spiro atoms. The number of carbonyl (C=O) groups excluding carboxylic acids is 5. The fourth-order valence-electron chi connectivity index (χ4n) is 3.97. The summed E-state index contributed by atoms with van der Waals surface area (Å²) in [5, 5.41) is 7.83. The van der Waals surface area contributed by atoms with Gasteiger partial charge < -0.3 is 25.1 Å². The van der Waals surface area contributed by atoms with Crippen LogP contribution < -0.4 is 5.73 Å². The number of esters is 2. The van der Waals surface area contributed by atoms with Crippen molar-refractivity contribution in [2.24, 2.45) is 0 Å². The summed E-state index contributed by atoms with van der Waals surface area (Å²) >= 11 is 13.2. The van der Waals surface area contributed by atoms with E-state index in [1.54, 1.807) is 0 Å². The smallest absolute Gasteiger partial charge is 0.417 e. The summed E-state index contributed by atoms with van der Waals surface area (Å²) < 4.78 is 125. The molecule has 1 heterocycles. The Hall–Kier alpha value is -3.57. The minimum atomic E-state index is -4.49. The maximum absolute atomic E-state index is 12.6. The normalized spacial score (nSPS) is 12.1. The van der Waals surface area contributed by atoms with Crippen LogP contribution in [-0.4, -0.2) is 66.9 Å². The minimum absolute atomic E-state index is 0.00389. The summed E-state index contributed by atoms with van der Waals surface area (Å²) in [6.07, 6.45) is -11.2. The molecular weight excluding hydrogens is 1050 g/mol. The molecule has 0 saturated carbocycles. The predicted octanol–water partition coefficient (Wildman–Crippen LogP) is 9.88. The fourth-order valence-corrected chi connectivity index (χ4v) is 5.44. The van der Waals surface area contributed by atoms with Crippen molar-refractivity contribution in [1.82, 2.24) is 0 Å². The van der Waals surface area contributed by atoms with Crippen LogP contribution in [0.2, 0.25) is 0 Å². The highest BCUT2D eigenvalue weighted by atomic mass is 79.9. The third kappa shape index (κ3) is 25.3. The molecule has 1 fully saturated rings. The summed E-state index contributed by atoms with van der Waals surface area (Å²) in [4.78, 5) is 52.5. The first-order valence-electron chi connectivity index (χ1n) is 16.6. The number of alkyl halides is 9. The van der Waals surface area contributed by atoms with Crippen molar-refractivity contribution in [3.8, 4) is 0 Å². The average molecular weight is 1080 g/mol. The molecule has 0 atom stereocenters. The third-order valence-electron chi connectivity index (χ3n) is 6.60. The predicted molar refractivity (Wildman–Crippen MR) is 211 cm³/mol. The Balaban J connectivity index is 0.000000769. The number of nitrogen functional groups attached to an aromatic ring is 1. The molecule has 3 aromatic rings. The molecule has 334 valence electrons. The molecule has 0 amide bonds. The van der Waals surface area contributed by atoms with Gasteiger partial charge in [0, 0.05) is 59.0 Å². The fraction of sp³-hybridized carbons (Fsp3) is 0.378. The van der Waals surface area contributed by atoms with E-state index >= 15 is 0 Å². The molecule has 10 nitrogen and oxygen atoms in total. The summed E-state index contributed by atoms with van der Waals surface area (Å²) in [7, 11) is 0. The summed E-state index contributed by atoms with van der Waals surface area (Å²) in [5.74, 6) is -2.10. The molecule has 4 rings (SSSR count). The first-order valence-corrected chi connectivity index (χ1v) is 19.3. The van der Waals surface area contributed by atoms with Gasteiger partial charge in [-0.2, -0.15) is 39.5 Å². The van der Waals surface area contributed by atoms with Crippen molar-refractivity contribution < 1.29 is 82.8 Å². The number of ether oxygens (including phenoxy) is 3. The van der Waals surface area contributed by atoms with Gasteiger partial charge in [0.1, 0.15) is 13.2 Å². The second-order valence-electron chi connectivity index (χ2n) is 11.7. The van der Waals surface area contributed by atoms with E-state index in [-0.39, 0.29) is 49.7 Å². The Morgan fingerprint density at radius 3 is 1.32 bits per heavy atom. The number of anilines is 1. The molecule has 1 saturated heterocycles. The zero-order valence-electron chi connectivity index (χ0n) is 31.3. The topological polar surface area (TPSA) is 159 Å². The first kappa shape index (κ1) is 56.4. The zero-order valence-corrected chi connectivity index (χ0v) is 36.8. The van der Waals surface area contributed by atoms with E-state index in [9.17, 15) is 63.5 Å². The van der Waals surface area contributed by atoms with Crippen LogP contribution in [0.3, 0.4) is 0 Å². The maximum Gasteiger partial charge on any atom is 0.417 e. The van der Waals surface area contributed by atoms with Gasteiger partial charge in [-0.3, -0.25) is 24.0 Å². The summed E-state index contributed by atoms with van der Waals surface area (Å²) in [6.45, 7) is 2.91. The second-order valence-corrected chi connectivity index (χ2v) is 14.7. The van der Waals surface area contributed by atoms with E-state index < -0.39 is 77.2 Å². The lowest BCUT2D eigenvalue weighted by molar-refractivity contribution is -0.145. The van der Waals surface area contributed by atoms with E-state index in [0.29, 0.717) is 0 Å². The molecule has 0 bridgehead atoms. The van der Waals surface area contributed by atoms with Crippen LogP contribution >= 0.6 is 59.4 Å². The number of ketones is 2. The summed E-state index contributed by atoms with van der Waals surface area (Å²) in [6, 6.07) is 10.7. The van der Waals surface area contributed by atoms with Crippen LogP contribution in [0.4, 0.5) is 45.2 Å². The standard InChI is InChI=1S/C12H10BrF3O3.C10H8BrF3O2.C7H5BrF3N.C4H5ClO3.C4H8O/c1-7(17)19-6-9(18)4-8-2-3-11(13)10(5-8)12(14,15)16;11-9-2-1-6(3-7(16)5-15)4-8(9)10(12,13)14;8-6-2-1-4(12)3-5(6)7(9,10)11;1-3(6)8-2-4(5)7;1-2-4-5-3-1/h2-3,5H,4,6H2,1H3;1-2,4,15H,3,5H2;1-3H,12H2;2H2,1H3;1-4H2. The van der Waals surface area contributed by atoms with Crippen molar-refractivity contribution in [1.29, 1.82) is 0 Å². The van der Waals surface area contributed by atoms with Crippen molar-refractivity contribution in [3.05, 3.63) is 95.8 Å². The number of aliphatic hydroxyl groups excluding tert-OH is 1. The van der Waals surface area contributed by atoms with Gasteiger partial charge in [-0.1, -0.05) is 59.9 Å². The average Bonchev–Trinajstić information content (AvgIpc) is 3.73. The number of benzene rings is 3. The summed E-state index contributed by atoms with van der Waals surface area (Å²) in [5.41, 5.74) is 3.34. The molecule has 60 heavy (non-hydrogen) atoms. The molecule has 0 unspecified atom stereocenters. The van der Waals surface area contributed by atoms with Gasteiger partial charge in [-0.15, -0.1) is 0 Å². The van der Waals surface area contributed by atoms with Crippen LogP contribution in [0.25, 0.3) is 0 Å². The van der Waals surface area contributed by atoms with Gasteiger partial charge in [-0.05, 0) is 78.0 Å². The zero-order chi connectivity index (χ0) is 46.4. The van der Waals surface area contributed by atoms with Gasteiger partial charge in [0.25, 0.3) is 5.24 Å². The molecule has 3 aromatic carbocycles. The molecule has 0 radical (unpaired) electrons. The van der Waals surface area contributed by atoms with Crippen LogP contribution in [0.15, 0.2) is 68.0 Å². The number of nitrogens with two attached hydrogens (primary N) is 1. The number of halogens is 13. The van der Waals surface area contributed by atoms with Crippen LogP contribution in [0.5, 0.6) is 0 Å². The molecular formula is C37H36Br3ClF9NO9. The van der Waals surface area contributed by atoms with Gasteiger partial charge in [-0.25, -0.2) is 0 Å². The van der Waals surface area contributed by atoms with E-state index in [1.165, 1.54) is 56.2 Å². The van der Waals surface area contributed by atoms with Crippen molar-refractivity contribution in [2.45, 2.75) is 58.1 Å². The number of Topliss-reactive ketones (excluding diaryl/α,β-unsaturated/α-hetero) is 2. The van der Waals surface area contributed by atoms with Crippen molar-refractivity contribution >= 4 is 93.8 Å². The Morgan fingerprint density at radius 2 is 1.02 bits per heavy atom. The van der Waals surface area contributed by atoms with Crippen LogP contribution in [0.1, 0.15) is 54.5 Å². The largest absolute Gasteiger partial charge is 0.458 e. The Labute approximate surface area is 367 Å². The highest BCUT2D eigenvalue weighted by Gasteiger charge is 2.34. The Bertz CT molecular complexity index is 1870. The van der Waals surface area contributed by atoms with Crippen LogP contribution in [-0.2, 0) is 69.6 Å². The Kier molecular flexibility index (Phi) is 25.8. The monoisotopic (exact) mass is 1080 g/mol. The molecule has 0 aliphatic carbocycles. The number of aliphatic hydroxyl groups is 1. The molecule has 3 N–H and O–H groups in total. The highest BCUT2D eigenvalue weighted by molar-refractivity contribution is 9.11. The van der Waals surface area contributed by atoms with E-state index in [0.717, 1.165) is 38.3 Å². The minimum Gasteiger partial charge on any atom is -0.458 e. The quantitative estimate of drug-likeness (QED) is 0.0915. The van der Waals surface area contributed by atoms with E-state index in [2.05, 4.69) is 57.3 Å². The van der Waals surface area contributed by atoms with Gasteiger partial charge >= 0.3 is 30.5 Å². The van der Waals surface area contributed by atoms with Crippen molar-refractivity contribution in [2.75, 3.05) is 38.8 Å². The lowest BCUT2D eigenvalue weighted by Gasteiger charge is -2.10. The maximum atomic E-state index is 12.6. The number of hydrogen-bond acceptors (Lipinski definition) is 10. The highest BCUT2D eigenvalue weighted by Crippen LogP contribution is 2.37. The first-order chi connectivity index (χ1) is 27.6. The Morgan fingerprint density at radius 1 is 0.650 bits per heavy atom. The molecule has 23 heteroatoms. The second kappa shape index (κ2) is 27.4. The number of rotatable bonds is 9. The molecule has 1 aliphatic rings. The molecule has 0 aromatic heterocycles. The lowest BCUT2D eigenvalue weighted by atomic mass is 10.1. The number of hydrogen-bond donors (Lipinski definition) is 2. The van der Waals surface area contributed by atoms with Gasteiger partial charge in [0.15, 0.2) is 18.2 Å². The van der Waals surface area contributed by atoms with Gasteiger partial charge in [0.2, 0.25) is 0 Å². The van der Waals surface area contributed by atoms with E-state index in [1.807, 2.05) is 0 Å². The van der Waals surface area contributed by atoms with Gasteiger partial charge in [0.05, 0.1) is 16.7 Å². The SMILES string of the molecule is C1CCOC1.CC(=O)OCC(=O)Cc1ccc(Br)c(C(F)(F)F)c1.CC(=O)OCC(=O)Cl.Nc1ccc(Br)c(C(F)(F)F)c1.O=C(CO)Cc1ccc(Br)c(C(F)(F)F)c1. The van der Waals surface area contributed by atoms with E-state index in [4.69, 9.17) is 27.2 Å². The molecule has 1 aliphatic heterocycles. The number of carbonyl (C=O) groups is 5. The van der Waals surface area contributed by atoms with Crippen molar-refractivity contribution in [3.63, 3.8) is 0 Å². The lowest BCUT2D eigenvalue weighted by Crippen LogP contribution is -2.14. The van der Waals surface area contributed by atoms with Crippen LogP contribution in [0, 0.1) is 0 Å². The third-order valence-corrected chi connectivity index (χ3v) is 8.78.